The summed E-state index contributed by atoms with van der Waals surface area (Å²) in [4.78, 5) is 40.8. The third kappa shape index (κ3) is 3.83. The van der Waals surface area contributed by atoms with Crippen molar-refractivity contribution in [3.63, 3.8) is 0 Å². The number of rotatable bonds is 2. The Bertz CT molecular complexity index is 686. The number of benzene rings is 1. The Morgan fingerprint density at radius 1 is 0.960 bits per heavy atom. The van der Waals surface area contributed by atoms with Crippen LogP contribution >= 0.6 is 0 Å². The van der Waals surface area contributed by atoms with E-state index in [0.29, 0.717) is 16.2 Å². The van der Waals surface area contributed by atoms with Gasteiger partial charge in [0.2, 0.25) is 0 Å². The third-order valence-electron chi connectivity index (χ3n) is 4.14. The predicted octanol–water partition coefficient (Wildman–Crippen LogP) is 3.21. The summed E-state index contributed by atoms with van der Waals surface area (Å²) in [5.41, 5.74) is 0.594. The van der Waals surface area contributed by atoms with Crippen molar-refractivity contribution < 1.29 is 24.3 Å². The largest absolute Gasteiger partial charge is 0.507 e. The average Bonchev–Trinajstić information content (AvgIpc) is 2.76. The zero-order chi connectivity index (χ0) is 19.2. The molecule has 2 amide bonds. The number of aromatic hydroxyl groups is 1. The predicted molar refractivity (Wildman–Crippen MR) is 92.0 cm³/mol. The number of hydroxylamine groups is 2. The van der Waals surface area contributed by atoms with Gasteiger partial charge in [0.1, 0.15) is 5.75 Å². The molecule has 1 aromatic carbocycles. The highest BCUT2D eigenvalue weighted by atomic mass is 16.7. The van der Waals surface area contributed by atoms with Gasteiger partial charge in [-0.3, -0.25) is 9.59 Å². The molecule has 1 fully saturated rings. The van der Waals surface area contributed by atoms with Crippen LogP contribution in [0.25, 0.3) is 0 Å². The van der Waals surface area contributed by atoms with E-state index in [1.807, 2.05) is 41.5 Å². The minimum atomic E-state index is -0.792. The number of nitrogens with zero attached hydrogens (tertiary/aromatic N) is 1. The van der Waals surface area contributed by atoms with Gasteiger partial charge >= 0.3 is 5.97 Å². The molecule has 1 aliphatic rings. The van der Waals surface area contributed by atoms with E-state index in [4.69, 9.17) is 4.84 Å². The molecule has 0 aliphatic carbocycles. The molecule has 0 saturated carbocycles. The van der Waals surface area contributed by atoms with Crippen LogP contribution in [-0.2, 0) is 25.3 Å². The summed E-state index contributed by atoms with van der Waals surface area (Å²) in [6.07, 6.45) is 0.0876. The zero-order valence-electron chi connectivity index (χ0n) is 15.6. The summed E-state index contributed by atoms with van der Waals surface area (Å²) in [6.45, 7) is 11.6. The number of imide groups is 1. The van der Waals surface area contributed by atoms with Crippen molar-refractivity contribution >= 4 is 17.8 Å². The fourth-order valence-corrected chi connectivity index (χ4v) is 2.69. The Balaban J connectivity index is 2.48. The van der Waals surface area contributed by atoms with Crippen LogP contribution in [0.15, 0.2) is 12.1 Å². The molecule has 0 radical (unpaired) electrons. The highest BCUT2D eigenvalue weighted by molar-refractivity contribution is 6.02. The number of phenols is 1. The van der Waals surface area contributed by atoms with Crippen molar-refractivity contribution in [1.29, 1.82) is 0 Å². The smallest absolute Gasteiger partial charge is 0.363 e. The molecule has 6 heteroatoms. The van der Waals surface area contributed by atoms with Crippen LogP contribution in [0.3, 0.4) is 0 Å². The summed E-state index contributed by atoms with van der Waals surface area (Å²) in [5, 5.41) is 11.2. The van der Waals surface area contributed by atoms with E-state index < -0.39 is 28.6 Å². The molecule has 1 aromatic rings. The molecule has 1 N–H and O–H groups in total. The van der Waals surface area contributed by atoms with Crippen molar-refractivity contribution in [2.24, 2.45) is 0 Å². The molecule has 1 aliphatic heterocycles. The van der Waals surface area contributed by atoms with Gasteiger partial charge in [0.25, 0.3) is 11.8 Å². The minimum Gasteiger partial charge on any atom is -0.507 e. The van der Waals surface area contributed by atoms with E-state index >= 15 is 0 Å². The first-order valence-corrected chi connectivity index (χ1v) is 8.28. The number of amides is 2. The summed E-state index contributed by atoms with van der Waals surface area (Å²) in [6, 6.07) is 3.11. The van der Waals surface area contributed by atoms with Gasteiger partial charge in [-0.1, -0.05) is 41.5 Å². The van der Waals surface area contributed by atoms with E-state index in [0.717, 1.165) is 0 Å². The van der Waals surface area contributed by atoms with Crippen molar-refractivity contribution in [3.8, 4) is 5.75 Å². The van der Waals surface area contributed by atoms with E-state index in [-0.39, 0.29) is 24.2 Å². The van der Waals surface area contributed by atoms with Gasteiger partial charge in [0, 0.05) is 24.0 Å². The lowest BCUT2D eigenvalue weighted by atomic mass is 9.78. The molecule has 2 rings (SSSR count). The first kappa shape index (κ1) is 19.0. The highest BCUT2D eigenvalue weighted by Gasteiger charge is 2.34. The highest BCUT2D eigenvalue weighted by Crippen LogP contribution is 2.40. The molecule has 0 atom stereocenters. The SMILES string of the molecule is CC(C)(C)c1cc(C(=O)ON2C(=O)CCC2=O)cc(C(C)(C)C)c1O. The first-order chi connectivity index (χ1) is 11.3. The van der Waals surface area contributed by atoms with Crippen LogP contribution in [-0.4, -0.2) is 28.0 Å². The van der Waals surface area contributed by atoms with Gasteiger partial charge in [-0.15, -0.1) is 5.06 Å². The first-order valence-electron chi connectivity index (χ1n) is 8.28. The lowest BCUT2D eigenvalue weighted by Crippen LogP contribution is -2.32. The average molecular weight is 347 g/mol. The molecule has 6 nitrogen and oxygen atoms in total. The van der Waals surface area contributed by atoms with Crippen molar-refractivity contribution in [2.45, 2.75) is 65.2 Å². The maximum absolute atomic E-state index is 12.5. The second-order valence-electron chi connectivity index (χ2n) is 8.38. The summed E-state index contributed by atoms with van der Waals surface area (Å²) >= 11 is 0. The Morgan fingerprint density at radius 3 is 1.72 bits per heavy atom. The van der Waals surface area contributed by atoms with E-state index in [1.54, 1.807) is 12.1 Å². The number of carbonyl (C=O) groups is 3. The van der Waals surface area contributed by atoms with Gasteiger partial charge in [0.15, 0.2) is 0 Å². The minimum absolute atomic E-state index is 0.0438. The lowest BCUT2D eigenvalue weighted by Gasteiger charge is -2.28. The van der Waals surface area contributed by atoms with Crippen LogP contribution in [0.5, 0.6) is 5.75 Å². The Labute approximate surface area is 147 Å². The number of carbonyl (C=O) groups excluding carboxylic acids is 3. The fraction of sp³-hybridized carbons (Fsp3) is 0.526. The van der Waals surface area contributed by atoms with Crippen molar-refractivity contribution in [1.82, 2.24) is 5.06 Å². The normalized spacial score (nSPS) is 15.7. The van der Waals surface area contributed by atoms with Crippen molar-refractivity contribution in [2.75, 3.05) is 0 Å². The zero-order valence-corrected chi connectivity index (χ0v) is 15.6. The molecule has 1 heterocycles. The molecular weight excluding hydrogens is 322 g/mol. The Morgan fingerprint density at radius 2 is 1.36 bits per heavy atom. The summed E-state index contributed by atoms with van der Waals surface area (Å²) in [7, 11) is 0. The quantitative estimate of drug-likeness (QED) is 0.831. The Kier molecular flexibility index (Phi) is 4.68. The Hall–Kier alpha value is -2.37. The van der Waals surface area contributed by atoms with Crippen molar-refractivity contribution in [3.05, 3.63) is 28.8 Å². The monoisotopic (exact) mass is 347 g/mol. The van der Waals surface area contributed by atoms with E-state index in [9.17, 15) is 19.5 Å². The van der Waals surface area contributed by atoms with Crippen LogP contribution in [0.4, 0.5) is 0 Å². The second kappa shape index (κ2) is 6.17. The maximum atomic E-state index is 12.5. The van der Waals surface area contributed by atoms with Crippen LogP contribution < -0.4 is 0 Å². The molecule has 25 heavy (non-hydrogen) atoms. The van der Waals surface area contributed by atoms with Gasteiger partial charge in [-0.05, 0) is 23.0 Å². The molecule has 1 saturated heterocycles. The van der Waals surface area contributed by atoms with Gasteiger partial charge in [-0.25, -0.2) is 4.79 Å². The molecule has 0 bridgehead atoms. The standard InChI is InChI=1S/C19H25NO5/c1-18(2,3)12-9-11(10-13(16(12)23)19(4,5)6)17(24)25-20-14(21)7-8-15(20)22/h9-10,23H,7-8H2,1-6H3. The summed E-state index contributed by atoms with van der Waals surface area (Å²) < 4.78 is 0. The second-order valence-corrected chi connectivity index (χ2v) is 8.38. The molecule has 136 valence electrons. The number of phenolic OH excluding ortho intramolecular Hbond substituents is 1. The van der Waals surface area contributed by atoms with E-state index in [1.165, 1.54) is 0 Å². The van der Waals surface area contributed by atoms with Crippen LogP contribution in [0, 0.1) is 0 Å². The molecule has 0 spiro atoms. The fourth-order valence-electron chi connectivity index (χ4n) is 2.69. The van der Waals surface area contributed by atoms with Gasteiger partial charge in [-0.2, -0.15) is 0 Å². The maximum Gasteiger partial charge on any atom is 0.363 e. The topological polar surface area (TPSA) is 83.9 Å². The molecule has 0 unspecified atom stereocenters. The molecule has 0 aromatic heterocycles. The number of hydrogen-bond donors (Lipinski definition) is 1. The van der Waals surface area contributed by atoms with Gasteiger partial charge < -0.3 is 9.94 Å². The summed E-state index contributed by atoms with van der Waals surface area (Å²) in [5.74, 6) is -1.70. The molecular formula is C19H25NO5. The van der Waals surface area contributed by atoms with Gasteiger partial charge in [0.05, 0.1) is 5.56 Å². The van der Waals surface area contributed by atoms with Crippen LogP contribution in [0.2, 0.25) is 0 Å². The van der Waals surface area contributed by atoms with Crippen LogP contribution in [0.1, 0.15) is 75.9 Å². The lowest BCUT2D eigenvalue weighted by molar-refractivity contribution is -0.172. The van der Waals surface area contributed by atoms with E-state index in [2.05, 4.69) is 0 Å². The third-order valence-corrected chi connectivity index (χ3v) is 4.14. The number of hydrogen-bond acceptors (Lipinski definition) is 5.